The molecule has 1 aromatic heterocycles. The van der Waals surface area contributed by atoms with E-state index in [1.807, 2.05) is 31.3 Å². The maximum atomic E-state index is 11.9. The van der Waals surface area contributed by atoms with E-state index >= 15 is 0 Å². The van der Waals surface area contributed by atoms with Crippen LogP contribution in [0, 0.1) is 6.92 Å². The van der Waals surface area contributed by atoms with Crippen molar-refractivity contribution in [2.75, 3.05) is 14.2 Å². The number of ether oxygens (including phenoxy) is 2. The summed E-state index contributed by atoms with van der Waals surface area (Å²) in [4.78, 5) is 11.9. The largest absolute Gasteiger partial charge is 0.496 e. The molecule has 0 amide bonds. The SMILES string of the molecule is COc1cc(C(C)C)c(OC)cc1-c1cc(C)c(=O)n(C)c1. The minimum atomic E-state index is 0.00785. The highest BCUT2D eigenvalue weighted by Gasteiger charge is 2.16. The van der Waals surface area contributed by atoms with Crippen LogP contribution >= 0.6 is 0 Å². The van der Waals surface area contributed by atoms with Crippen LogP contribution < -0.4 is 15.0 Å². The van der Waals surface area contributed by atoms with Crippen molar-refractivity contribution in [1.29, 1.82) is 0 Å². The van der Waals surface area contributed by atoms with E-state index in [1.165, 1.54) is 0 Å². The first kappa shape index (κ1) is 16.1. The Balaban J connectivity index is 2.72. The van der Waals surface area contributed by atoms with Crippen LogP contribution in [0.1, 0.15) is 30.9 Å². The Bertz CT molecular complexity index is 718. The van der Waals surface area contributed by atoms with Crippen molar-refractivity contribution in [3.63, 3.8) is 0 Å². The Morgan fingerprint density at radius 3 is 2.18 bits per heavy atom. The van der Waals surface area contributed by atoms with Crippen molar-refractivity contribution in [3.8, 4) is 22.6 Å². The predicted molar refractivity (Wildman–Crippen MR) is 89.0 cm³/mol. The number of hydrogen-bond donors (Lipinski definition) is 0. The van der Waals surface area contributed by atoms with E-state index in [2.05, 4.69) is 13.8 Å². The molecule has 0 fully saturated rings. The number of aryl methyl sites for hydroxylation is 2. The summed E-state index contributed by atoms with van der Waals surface area (Å²) in [6.07, 6.45) is 1.82. The van der Waals surface area contributed by atoms with Gasteiger partial charge >= 0.3 is 0 Å². The van der Waals surface area contributed by atoms with Crippen molar-refractivity contribution in [1.82, 2.24) is 4.57 Å². The third kappa shape index (κ3) is 2.86. The van der Waals surface area contributed by atoms with Gasteiger partial charge in [-0.25, -0.2) is 0 Å². The molecule has 0 aliphatic heterocycles. The molecule has 0 unspecified atom stereocenters. The number of benzene rings is 1. The van der Waals surface area contributed by atoms with Gasteiger partial charge in [-0.1, -0.05) is 13.8 Å². The molecule has 22 heavy (non-hydrogen) atoms. The number of nitrogens with zero attached hydrogens (tertiary/aromatic N) is 1. The number of methoxy groups -OCH3 is 2. The van der Waals surface area contributed by atoms with Crippen LogP contribution in [0.2, 0.25) is 0 Å². The van der Waals surface area contributed by atoms with Crippen LogP contribution in [0.5, 0.6) is 11.5 Å². The summed E-state index contributed by atoms with van der Waals surface area (Å²) >= 11 is 0. The van der Waals surface area contributed by atoms with Crippen molar-refractivity contribution in [2.24, 2.45) is 7.05 Å². The van der Waals surface area contributed by atoms with Gasteiger partial charge in [0.1, 0.15) is 11.5 Å². The smallest absolute Gasteiger partial charge is 0.253 e. The Morgan fingerprint density at radius 2 is 1.68 bits per heavy atom. The highest BCUT2D eigenvalue weighted by molar-refractivity contribution is 5.73. The van der Waals surface area contributed by atoms with Gasteiger partial charge in [0.25, 0.3) is 5.56 Å². The molecular weight excluding hydrogens is 278 g/mol. The van der Waals surface area contributed by atoms with Crippen molar-refractivity contribution >= 4 is 0 Å². The fraction of sp³-hybridized carbons (Fsp3) is 0.389. The lowest BCUT2D eigenvalue weighted by Gasteiger charge is -2.17. The maximum Gasteiger partial charge on any atom is 0.253 e. The molecule has 0 radical (unpaired) electrons. The second kappa shape index (κ2) is 6.26. The van der Waals surface area contributed by atoms with Gasteiger partial charge in [0, 0.05) is 35.5 Å². The third-order valence-corrected chi connectivity index (χ3v) is 3.85. The monoisotopic (exact) mass is 301 g/mol. The second-order valence-corrected chi connectivity index (χ2v) is 5.78. The van der Waals surface area contributed by atoms with E-state index in [4.69, 9.17) is 9.47 Å². The molecular formula is C18H23NO3. The molecule has 0 bridgehead atoms. The molecule has 0 saturated heterocycles. The van der Waals surface area contributed by atoms with Gasteiger partial charge in [0.2, 0.25) is 0 Å². The van der Waals surface area contributed by atoms with E-state index in [-0.39, 0.29) is 5.56 Å². The minimum absolute atomic E-state index is 0.00785. The summed E-state index contributed by atoms with van der Waals surface area (Å²) in [7, 11) is 5.08. The molecule has 2 rings (SSSR count). The van der Waals surface area contributed by atoms with E-state index in [1.54, 1.807) is 25.8 Å². The Kier molecular flexibility index (Phi) is 4.59. The first-order valence-electron chi connectivity index (χ1n) is 7.32. The Hall–Kier alpha value is -2.23. The van der Waals surface area contributed by atoms with Crippen LogP contribution in [0.3, 0.4) is 0 Å². The van der Waals surface area contributed by atoms with Crippen molar-refractivity contribution in [2.45, 2.75) is 26.7 Å². The zero-order valence-electron chi connectivity index (χ0n) is 14.1. The van der Waals surface area contributed by atoms with Crippen LogP contribution in [0.25, 0.3) is 11.1 Å². The summed E-state index contributed by atoms with van der Waals surface area (Å²) < 4.78 is 12.7. The molecule has 0 spiro atoms. The number of pyridine rings is 1. The molecule has 4 nitrogen and oxygen atoms in total. The quantitative estimate of drug-likeness (QED) is 0.868. The maximum absolute atomic E-state index is 11.9. The van der Waals surface area contributed by atoms with Crippen LogP contribution in [0.15, 0.2) is 29.2 Å². The third-order valence-electron chi connectivity index (χ3n) is 3.85. The molecule has 0 N–H and O–H groups in total. The van der Waals surface area contributed by atoms with Gasteiger partial charge in [0.05, 0.1) is 14.2 Å². The van der Waals surface area contributed by atoms with Crippen molar-refractivity contribution in [3.05, 3.63) is 45.9 Å². The zero-order chi connectivity index (χ0) is 16.4. The molecule has 1 heterocycles. The first-order valence-corrected chi connectivity index (χ1v) is 7.32. The minimum Gasteiger partial charge on any atom is -0.496 e. The lowest BCUT2D eigenvalue weighted by molar-refractivity contribution is 0.398. The first-order chi connectivity index (χ1) is 10.4. The molecule has 0 aliphatic rings. The number of rotatable bonds is 4. The lowest BCUT2D eigenvalue weighted by atomic mass is 9.96. The van der Waals surface area contributed by atoms with Gasteiger partial charge in [-0.05, 0) is 31.0 Å². The van der Waals surface area contributed by atoms with Crippen molar-refractivity contribution < 1.29 is 9.47 Å². The highest BCUT2D eigenvalue weighted by atomic mass is 16.5. The van der Waals surface area contributed by atoms with Gasteiger partial charge in [-0.2, -0.15) is 0 Å². The highest BCUT2D eigenvalue weighted by Crippen LogP contribution is 2.38. The predicted octanol–water partition coefficient (Wildman–Crippen LogP) is 3.50. The summed E-state index contributed by atoms with van der Waals surface area (Å²) in [6.45, 7) is 6.05. The van der Waals surface area contributed by atoms with Gasteiger partial charge in [-0.15, -0.1) is 0 Å². The van der Waals surface area contributed by atoms with E-state index in [0.717, 1.165) is 28.2 Å². The normalized spacial score (nSPS) is 10.9. The fourth-order valence-corrected chi connectivity index (χ4v) is 2.62. The molecule has 0 atom stereocenters. The standard InChI is InChI=1S/C18H23NO3/c1-11(2)14-8-17(22-6)15(9-16(14)21-5)13-7-12(3)18(20)19(4)10-13/h7-11H,1-6H3. The van der Waals surface area contributed by atoms with E-state index in [9.17, 15) is 4.79 Å². The summed E-state index contributed by atoms with van der Waals surface area (Å²) in [5.74, 6) is 1.94. The fourth-order valence-electron chi connectivity index (χ4n) is 2.62. The second-order valence-electron chi connectivity index (χ2n) is 5.78. The molecule has 0 saturated carbocycles. The molecule has 2 aromatic rings. The number of aromatic nitrogens is 1. The Labute approximate surface area is 131 Å². The van der Waals surface area contributed by atoms with Gasteiger partial charge < -0.3 is 14.0 Å². The summed E-state index contributed by atoms with van der Waals surface area (Å²) in [5, 5.41) is 0. The zero-order valence-corrected chi connectivity index (χ0v) is 14.1. The molecule has 118 valence electrons. The van der Waals surface area contributed by atoms with Gasteiger partial charge in [0.15, 0.2) is 0 Å². The van der Waals surface area contributed by atoms with E-state index < -0.39 is 0 Å². The Morgan fingerprint density at radius 1 is 1.05 bits per heavy atom. The average molecular weight is 301 g/mol. The topological polar surface area (TPSA) is 40.5 Å². The molecule has 1 aromatic carbocycles. The average Bonchev–Trinajstić information content (AvgIpc) is 2.50. The number of hydrogen-bond acceptors (Lipinski definition) is 3. The summed E-state index contributed by atoms with van der Waals surface area (Å²) in [6, 6.07) is 5.88. The van der Waals surface area contributed by atoms with Crippen LogP contribution in [-0.2, 0) is 7.05 Å². The lowest BCUT2D eigenvalue weighted by Crippen LogP contribution is -2.18. The van der Waals surface area contributed by atoms with Crippen LogP contribution in [0.4, 0.5) is 0 Å². The summed E-state index contributed by atoms with van der Waals surface area (Å²) in [5.41, 5.74) is 3.67. The molecule has 4 heteroatoms. The van der Waals surface area contributed by atoms with Crippen LogP contribution in [-0.4, -0.2) is 18.8 Å². The van der Waals surface area contributed by atoms with E-state index in [0.29, 0.717) is 11.5 Å². The van der Waals surface area contributed by atoms with Gasteiger partial charge in [-0.3, -0.25) is 4.79 Å². The molecule has 0 aliphatic carbocycles.